The molecule has 0 bridgehead atoms. The van der Waals surface area contributed by atoms with Crippen LogP contribution in [0.25, 0.3) is 5.69 Å². The number of amides is 2. The van der Waals surface area contributed by atoms with Crippen LogP contribution in [-0.4, -0.2) is 21.6 Å². The van der Waals surface area contributed by atoms with Crippen LogP contribution in [0.1, 0.15) is 48.3 Å². The average molecular weight is 389 g/mol. The van der Waals surface area contributed by atoms with Gasteiger partial charge in [0.05, 0.1) is 10.7 Å². The van der Waals surface area contributed by atoms with E-state index in [1.54, 1.807) is 31.2 Å². The first-order valence-electron chi connectivity index (χ1n) is 8.93. The van der Waals surface area contributed by atoms with E-state index in [-0.39, 0.29) is 17.5 Å². The first kappa shape index (κ1) is 19.1. The minimum atomic E-state index is -0.759. The molecule has 27 heavy (non-hydrogen) atoms. The van der Waals surface area contributed by atoms with E-state index in [1.165, 1.54) is 10.7 Å². The number of hydrogen-bond acceptors (Lipinski definition) is 4. The van der Waals surface area contributed by atoms with Gasteiger partial charge in [0, 0.05) is 17.7 Å². The SMILES string of the molecule is Cc1cc(=O)c(C(=O)NNC(=O)C2CCCCC2)nn1-c1ccccc1Cl. The van der Waals surface area contributed by atoms with Crippen LogP contribution in [0.2, 0.25) is 5.02 Å². The maximum atomic E-state index is 12.4. The fourth-order valence-electron chi connectivity index (χ4n) is 3.22. The molecule has 1 aliphatic rings. The van der Waals surface area contributed by atoms with Crippen molar-refractivity contribution >= 4 is 23.4 Å². The van der Waals surface area contributed by atoms with Crippen molar-refractivity contribution in [2.45, 2.75) is 39.0 Å². The van der Waals surface area contributed by atoms with Crippen molar-refractivity contribution < 1.29 is 9.59 Å². The largest absolute Gasteiger partial charge is 0.294 e. The van der Waals surface area contributed by atoms with E-state index in [2.05, 4.69) is 16.0 Å². The molecule has 1 aliphatic carbocycles. The predicted octanol–water partition coefficient (Wildman–Crippen LogP) is 2.54. The Morgan fingerprint density at radius 1 is 1.15 bits per heavy atom. The zero-order chi connectivity index (χ0) is 19.4. The van der Waals surface area contributed by atoms with Crippen molar-refractivity contribution in [1.82, 2.24) is 20.6 Å². The second kappa shape index (κ2) is 8.35. The van der Waals surface area contributed by atoms with Gasteiger partial charge in [0.25, 0.3) is 5.91 Å². The summed E-state index contributed by atoms with van der Waals surface area (Å²) >= 11 is 6.19. The number of aromatic nitrogens is 2. The minimum Gasteiger partial charge on any atom is -0.287 e. The Kier molecular flexibility index (Phi) is 5.91. The number of carbonyl (C=O) groups is 2. The van der Waals surface area contributed by atoms with Crippen LogP contribution in [0.4, 0.5) is 0 Å². The summed E-state index contributed by atoms with van der Waals surface area (Å²) in [5.74, 6) is -1.10. The van der Waals surface area contributed by atoms with Crippen LogP contribution in [0.15, 0.2) is 35.1 Å². The number of carbonyl (C=O) groups excluding carboxylic acids is 2. The molecule has 0 atom stereocenters. The molecule has 142 valence electrons. The normalized spacial score (nSPS) is 14.6. The Bertz CT molecular complexity index is 919. The zero-order valence-corrected chi connectivity index (χ0v) is 15.8. The third-order valence-corrected chi connectivity index (χ3v) is 5.00. The summed E-state index contributed by atoms with van der Waals surface area (Å²) in [6.07, 6.45) is 4.76. The molecule has 3 rings (SSSR count). The van der Waals surface area contributed by atoms with Crippen molar-refractivity contribution in [3.05, 3.63) is 57.0 Å². The molecule has 8 heteroatoms. The lowest BCUT2D eigenvalue weighted by Gasteiger charge is -2.20. The van der Waals surface area contributed by atoms with Gasteiger partial charge in [0.1, 0.15) is 0 Å². The summed E-state index contributed by atoms with van der Waals surface area (Å²) in [6.45, 7) is 1.70. The van der Waals surface area contributed by atoms with E-state index in [0.717, 1.165) is 32.1 Å². The molecule has 7 nitrogen and oxygen atoms in total. The molecule has 2 amide bonds. The van der Waals surface area contributed by atoms with Crippen molar-refractivity contribution in [3.63, 3.8) is 0 Å². The van der Waals surface area contributed by atoms with Gasteiger partial charge in [-0.25, -0.2) is 4.68 Å². The second-order valence-electron chi connectivity index (χ2n) is 6.64. The Labute approximate surface area is 161 Å². The quantitative estimate of drug-likeness (QED) is 0.790. The lowest BCUT2D eigenvalue weighted by atomic mass is 9.89. The van der Waals surface area contributed by atoms with Crippen molar-refractivity contribution in [2.75, 3.05) is 0 Å². The Morgan fingerprint density at radius 2 is 1.85 bits per heavy atom. The molecule has 0 saturated heterocycles. The van der Waals surface area contributed by atoms with Gasteiger partial charge in [-0.3, -0.25) is 25.2 Å². The van der Waals surface area contributed by atoms with Gasteiger partial charge >= 0.3 is 0 Å². The number of para-hydroxylation sites is 1. The average Bonchev–Trinajstić information content (AvgIpc) is 2.67. The van der Waals surface area contributed by atoms with E-state index < -0.39 is 11.3 Å². The summed E-state index contributed by atoms with van der Waals surface area (Å²) < 4.78 is 1.43. The lowest BCUT2D eigenvalue weighted by Crippen LogP contribution is -2.46. The Balaban J connectivity index is 1.78. The molecule has 2 N–H and O–H groups in total. The number of nitrogens with zero attached hydrogens (tertiary/aromatic N) is 2. The van der Waals surface area contributed by atoms with Crippen LogP contribution >= 0.6 is 11.6 Å². The smallest absolute Gasteiger partial charge is 0.287 e. The molecule has 1 aromatic heterocycles. The van der Waals surface area contributed by atoms with E-state index in [0.29, 0.717) is 16.4 Å². The summed E-state index contributed by atoms with van der Waals surface area (Å²) in [4.78, 5) is 36.8. The number of hydrazine groups is 1. The highest BCUT2D eigenvalue weighted by Gasteiger charge is 2.22. The van der Waals surface area contributed by atoms with E-state index in [1.807, 2.05) is 0 Å². The molecule has 0 spiro atoms. The van der Waals surface area contributed by atoms with E-state index in [4.69, 9.17) is 11.6 Å². The van der Waals surface area contributed by atoms with Crippen LogP contribution in [0.3, 0.4) is 0 Å². The molecule has 1 aromatic carbocycles. The first-order valence-corrected chi connectivity index (χ1v) is 9.31. The number of aryl methyl sites for hydroxylation is 1. The Hall–Kier alpha value is -2.67. The molecule has 0 aliphatic heterocycles. The maximum Gasteiger partial charge on any atom is 0.294 e. The third kappa shape index (κ3) is 4.36. The van der Waals surface area contributed by atoms with Gasteiger partial charge in [-0.15, -0.1) is 0 Å². The Morgan fingerprint density at radius 3 is 2.56 bits per heavy atom. The number of halogens is 1. The van der Waals surface area contributed by atoms with Gasteiger partial charge in [-0.1, -0.05) is 43.0 Å². The number of benzene rings is 1. The van der Waals surface area contributed by atoms with Crippen LogP contribution in [-0.2, 0) is 4.79 Å². The molecule has 1 heterocycles. The minimum absolute atomic E-state index is 0.107. The monoisotopic (exact) mass is 388 g/mol. The van der Waals surface area contributed by atoms with Crippen molar-refractivity contribution in [3.8, 4) is 5.69 Å². The summed E-state index contributed by atoms with van der Waals surface area (Å²) in [7, 11) is 0. The molecular formula is C19H21ClN4O3. The molecule has 0 radical (unpaired) electrons. The van der Waals surface area contributed by atoms with Gasteiger partial charge < -0.3 is 0 Å². The van der Waals surface area contributed by atoms with Crippen LogP contribution in [0.5, 0.6) is 0 Å². The summed E-state index contributed by atoms with van der Waals surface area (Å²) in [5, 5.41) is 4.59. The molecule has 2 aromatic rings. The van der Waals surface area contributed by atoms with Crippen LogP contribution < -0.4 is 16.3 Å². The van der Waals surface area contributed by atoms with Crippen molar-refractivity contribution in [1.29, 1.82) is 0 Å². The van der Waals surface area contributed by atoms with E-state index in [9.17, 15) is 14.4 Å². The fraction of sp³-hybridized carbons (Fsp3) is 0.368. The number of hydrogen-bond donors (Lipinski definition) is 2. The topological polar surface area (TPSA) is 93.1 Å². The predicted molar refractivity (Wildman–Crippen MR) is 102 cm³/mol. The van der Waals surface area contributed by atoms with Crippen molar-refractivity contribution in [2.24, 2.45) is 5.92 Å². The number of rotatable bonds is 3. The maximum absolute atomic E-state index is 12.4. The van der Waals surface area contributed by atoms with E-state index >= 15 is 0 Å². The van der Waals surface area contributed by atoms with Gasteiger partial charge in [-0.05, 0) is 31.9 Å². The molecule has 1 saturated carbocycles. The first-order chi connectivity index (χ1) is 13.0. The highest BCUT2D eigenvalue weighted by Crippen LogP contribution is 2.23. The standard InChI is InChI=1S/C19H21ClN4O3/c1-12-11-16(25)17(23-24(12)15-10-6-5-9-14(15)20)19(27)22-21-18(26)13-7-3-2-4-8-13/h5-6,9-11,13H,2-4,7-8H2,1H3,(H,21,26)(H,22,27). The zero-order valence-electron chi connectivity index (χ0n) is 15.0. The van der Waals surface area contributed by atoms with Crippen LogP contribution in [0, 0.1) is 12.8 Å². The molecule has 1 fully saturated rings. The fourth-order valence-corrected chi connectivity index (χ4v) is 3.43. The summed E-state index contributed by atoms with van der Waals surface area (Å²) in [5.41, 5.74) is 4.96. The highest BCUT2D eigenvalue weighted by molar-refractivity contribution is 6.32. The molecule has 0 unspecified atom stereocenters. The molecular weight excluding hydrogens is 368 g/mol. The lowest BCUT2D eigenvalue weighted by molar-refractivity contribution is -0.126. The third-order valence-electron chi connectivity index (χ3n) is 4.68. The van der Waals surface area contributed by atoms with Gasteiger partial charge in [0.15, 0.2) is 5.69 Å². The second-order valence-corrected chi connectivity index (χ2v) is 7.05. The van der Waals surface area contributed by atoms with Gasteiger partial charge in [-0.2, -0.15) is 5.10 Å². The van der Waals surface area contributed by atoms with Gasteiger partial charge in [0.2, 0.25) is 11.3 Å². The number of nitrogens with one attached hydrogen (secondary N) is 2. The highest BCUT2D eigenvalue weighted by atomic mass is 35.5. The summed E-state index contributed by atoms with van der Waals surface area (Å²) in [6, 6.07) is 8.30.